The highest BCUT2D eigenvalue weighted by Gasteiger charge is 2.33. The van der Waals surface area contributed by atoms with Crippen molar-refractivity contribution < 1.29 is 32.3 Å². The Kier molecular flexibility index (Phi) is 6.30. The third-order valence-electron chi connectivity index (χ3n) is 4.74. The van der Waals surface area contributed by atoms with Crippen molar-refractivity contribution in [2.75, 3.05) is 0 Å². The summed E-state index contributed by atoms with van der Waals surface area (Å²) in [4.78, 5) is 28.2. The Morgan fingerprint density at radius 3 is 2.43 bits per heavy atom. The quantitative estimate of drug-likeness (QED) is 0.483. The molecular formula is C21H17F4NO3S. The number of aliphatic hydroxyl groups excluding tert-OH is 1. The van der Waals surface area contributed by atoms with Crippen LogP contribution in [0.3, 0.4) is 0 Å². The van der Waals surface area contributed by atoms with Crippen molar-refractivity contribution in [3.63, 3.8) is 0 Å². The molecule has 1 aliphatic carbocycles. The number of Topliss-reactive ketones (excluding diaryl/α,β-unsaturated/α-hetero) is 2. The second-order valence-electron chi connectivity index (χ2n) is 6.81. The Balaban J connectivity index is 1.74. The van der Waals surface area contributed by atoms with Crippen LogP contribution in [0.5, 0.6) is 0 Å². The average Bonchev–Trinajstić information content (AvgIpc) is 2.68. The summed E-state index contributed by atoms with van der Waals surface area (Å²) < 4.78 is 51.8. The lowest BCUT2D eigenvalue weighted by Gasteiger charge is -2.23. The molecule has 0 fully saturated rings. The summed E-state index contributed by atoms with van der Waals surface area (Å²) in [6.07, 6.45) is -3.70. The Hall–Kier alpha value is -2.68. The van der Waals surface area contributed by atoms with E-state index in [-0.39, 0.29) is 47.3 Å². The number of allylic oxidation sites excluding steroid dienone is 2. The monoisotopic (exact) mass is 439 g/mol. The second kappa shape index (κ2) is 8.59. The summed E-state index contributed by atoms with van der Waals surface area (Å²) in [6, 6.07) is 7.07. The van der Waals surface area contributed by atoms with Crippen molar-refractivity contribution in [1.82, 2.24) is 4.98 Å². The largest absolute Gasteiger partial charge is 0.511 e. The van der Waals surface area contributed by atoms with Gasteiger partial charge in [0.25, 0.3) is 0 Å². The molecule has 3 rings (SSSR count). The molecule has 4 nitrogen and oxygen atoms in total. The number of hydrogen-bond donors (Lipinski definition) is 1. The van der Waals surface area contributed by atoms with E-state index in [2.05, 4.69) is 4.98 Å². The van der Waals surface area contributed by atoms with Crippen LogP contribution in [0.1, 0.15) is 43.2 Å². The van der Waals surface area contributed by atoms with Crippen LogP contribution in [0.15, 0.2) is 57.8 Å². The summed E-state index contributed by atoms with van der Waals surface area (Å²) in [5.74, 6) is -2.36. The van der Waals surface area contributed by atoms with Crippen LogP contribution in [-0.4, -0.2) is 21.7 Å². The van der Waals surface area contributed by atoms with E-state index >= 15 is 0 Å². The highest BCUT2D eigenvalue weighted by atomic mass is 32.2. The molecule has 0 saturated heterocycles. The number of aliphatic hydroxyl groups is 1. The van der Waals surface area contributed by atoms with Crippen molar-refractivity contribution in [2.24, 2.45) is 0 Å². The molecule has 0 bridgehead atoms. The third-order valence-corrected chi connectivity index (χ3v) is 5.74. The van der Waals surface area contributed by atoms with Gasteiger partial charge >= 0.3 is 6.18 Å². The van der Waals surface area contributed by atoms with Crippen molar-refractivity contribution in [3.05, 3.63) is 64.8 Å². The van der Waals surface area contributed by atoms with Crippen molar-refractivity contribution >= 4 is 23.3 Å². The van der Waals surface area contributed by atoms with E-state index in [1.807, 2.05) is 0 Å². The maximum atomic E-state index is 14.0. The summed E-state index contributed by atoms with van der Waals surface area (Å²) in [5, 5.41) is 9.95. The first-order valence-electron chi connectivity index (χ1n) is 9.09. The van der Waals surface area contributed by atoms with Gasteiger partial charge in [-0.05, 0) is 29.7 Å². The SMILES string of the molecule is CCC(=O)C1=C(O)CC(c2ccc(Sc3ncc(C(F)(F)F)cc3F)cc2)CC1=O. The minimum absolute atomic E-state index is 0.0900. The van der Waals surface area contributed by atoms with Crippen molar-refractivity contribution in [2.45, 2.75) is 48.2 Å². The highest BCUT2D eigenvalue weighted by molar-refractivity contribution is 7.99. The molecule has 0 spiro atoms. The molecule has 0 aliphatic heterocycles. The van der Waals surface area contributed by atoms with Gasteiger partial charge in [-0.15, -0.1) is 0 Å². The van der Waals surface area contributed by atoms with Gasteiger partial charge in [0.05, 0.1) is 11.1 Å². The molecule has 0 radical (unpaired) electrons. The molecular weight excluding hydrogens is 422 g/mol. The van der Waals surface area contributed by atoms with Crippen LogP contribution >= 0.6 is 11.8 Å². The van der Waals surface area contributed by atoms with Gasteiger partial charge in [-0.25, -0.2) is 9.37 Å². The molecule has 1 unspecified atom stereocenters. The first-order valence-corrected chi connectivity index (χ1v) is 9.90. The second-order valence-corrected chi connectivity index (χ2v) is 7.87. The molecule has 1 N–H and O–H groups in total. The van der Waals surface area contributed by atoms with Gasteiger partial charge in [0.2, 0.25) is 0 Å². The molecule has 2 aromatic rings. The topological polar surface area (TPSA) is 67.3 Å². The molecule has 9 heteroatoms. The Morgan fingerprint density at radius 2 is 1.90 bits per heavy atom. The molecule has 1 aliphatic rings. The zero-order chi connectivity index (χ0) is 22.1. The number of hydrogen-bond acceptors (Lipinski definition) is 5. The predicted octanol–water partition coefficient (Wildman–Crippen LogP) is 5.63. The van der Waals surface area contributed by atoms with Crippen LogP contribution in [0.25, 0.3) is 0 Å². The molecule has 30 heavy (non-hydrogen) atoms. The molecule has 1 atom stereocenters. The number of benzene rings is 1. The van der Waals surface area contributed by atoms with Crippen LogP contribution in [0.2, 0.25) is 0 Å². The van der Waals surface area contributed by atoms with Crippen LogP contribution in [0, 0.1) is 5.82 Å². The minimum atomic E-state index is -4.67. The number of pyridine rings is 1. The fourth-order valence-corrected chi connectivity index (χ4v) is 3.96. The van der Waals surface area contributed by atoms with Crippen LogP contribution < -0.4 is 0 Å². The van der Waals surface area contributed by atoms with E-state index in [0.29, 0.717) is 17.2 Å². The molecule has 0 saturated carbocycles. The van der Waals surface area contributed by atoms with Gasteiger partial charge in [-0.1, -0.05) is 30.8 Å². The van der Waals surface area contributed by atoms with Crippen molar-refractivity contribution in [3.8, 4) is 0 Å². The normalized spacial score (nSPS) is 17.4. The van der Waals surface area contributed by atoms with Gasteiger partial charge in [0, 0.05) is 30.4 Å². The maximum Gasteiger partial charge on any atom is 0.417 e. The predicted molar refractivity (Wildman–Crippen MR) is 102 cm³/mol. The number of aromatic nitrogens is 1. The highest BCUT2D eigenvalue weighted by Crippen LogP contribution is 2.37. The first-order chi connectivity index (χ1) is 14.1. The maximum absolute atomic E-state index is 14.0. The fourth-order valence-electron chi connectivity index (χ4n) is 3.20. The lowest BCUT2D eigenvalue weighted by Crippen LogP contribution is -2.23. The van der Waals surface area contributed by atoms with Crippen LogP contribution in [0.4, 0.5) is 17.6 Å². The van der Waals surface area contributed by atoms with E-state index in [0.717, 1.165) is 17.3 Å². The molecule has 0 amide bonds. The van der Waals surface area contributed by atoms with Gasteiger partial charge in [0.1, 0.15) is 10.8 Å². The fraction of sp³-hybridized carbons (Fsp3) is 0.286. The van der Waals surface area contributed by atoms with E-state index in [1.165, 1.54) is 0 Å². The lowest BCUT2D eigenvalue weighted by atomic mass is 9.81. The number of rotatable bonds is 5. The Bertz CT molecular complexity index is 1020. The standard InChI is InChI=1S/C21H17F4NO3S/c1-2-16(27)19-17(28)7-12(8-18(19)29)11-3-5-14(6-4-11)30-20-15(22)9-13(10-26-20)21(23,24)25/h3-6,9-10,12,28H,2,7-8H2,1H3. The summed E-state index contributed by atoms with van der Waals surface area (Å²) >= 11 is 0.874. The zero-order valence-corrected chi connectivity index (χ0v) is 16.6. The summed E-state index contributed by atoms with van der Waals surface area (Å²) in [7, 11) is 0. The lowest BCUT2D eigenvalue weighted by molar-refractivity contribution is -0.138. The van der Waals surface area contributed by atoms with Crippen molar-refractivity contribution in [1.29, 1.82) is 0 Å². The zero-order valence-electron chi connectivity index (χ0n) is 15.8. The number of carbonyl (C=O) groups is 2. The number of alkyl halides is 3. The number of carbonyl (C=O) groups excluding carboxylic acids is 2. The van der Waals surface area contributed by atoms with E-state index in [1.54, 1.807) is 31.2 Å². The van der Waals surface area contributed by atoms with Gasteiger partial charge in [0.15, 0.2) is 17.4 Å². The molecule has 1 aromatic heterocycles. The van der Waals surface area contributed by atoms with Gasteiger partial charge in [-0.3, -0.25) is 9.59 Å². The third kappa shape index (κ3) is 4.72. The molecule has 158 valence electrons. The first kappa shape index (κ1) is 22.0. The van der Waals surface area contributed by atoms with Crippen LogP contribution in [-0.2, 0) is 15.8 Å². The Morgan fingerprint density at radius 1 is 1.23 bits per heavy atom. The van der Waals surface area contributed by atoms with E-state index < -0.39 is 23.3 Å². The smallest absolute Gasteiger partial charge is 0.417 e. The average molecular weight is 439 g/mol. The van der Waals surface area contributed by atoms with E-state index in [9.17, 15) is 32.3 Å². The van der Waals surface area contributed by atoms with E-state index in [4.69, 9.17) is 0 Å². The number of halogens is 4. The number of ketones is 2. The number of nitrogens with zero attached hydrogens (tertiary/aromatic N) is 1. The Labute approximate surface area is 174 Å². The van der Waals surface area contributed by atoms with Gasteiger partial charge in [-0.2, -0.15) is 13.2 Å². The molecule has 1 aromatic carbocycles. The molecule has 1 heterocycles. The summed E-state index contributed by atoms with van der Waals surface area (Å²) in [5.41, 5.74) is -0.525. The summed E-state index contributed by atoms with van der Waals surface area (Å²) in [6.45, 7) is 1.62. The van der Waals surface area contributed by atoms with Gasteiger partial charge < -0.3 is 5.11 Å². The minimum Gasteiger partial charge on any atom is -0.511 e.